The number of hydrogen-bond acceptors (Lipinski definition) is 4. The number of nitrogens with zero attached hydrogens (tertiary/aromatic N) is 1. The van der Waals surface area contributed by atoms with Gasteiger partial charge in [-0.2, -0.15) is 0 Å². The van der Waals surface area contributed by atoms with E-state index in [1.807, 2.05) is 0 Å². The van der Waals surface area contributed by atoms with Crippen molar-refractivity contribution in [1.82, 2.24) is 10.2 Å². The minimum Gasteiger partial charge on any atom is -0.397 e. The summed E-state index contributed by atoms with van der Waals surface area (Å²) in [6, 6.07) is 5.19. The van der Waals surface area contributed by atoms with Gasteiger partial charge in [0.15, 0.2) is 0 Å². The van der Waals surface area contributed by atoms with Crippen molar-refractivity contribution in [3.63, 3.8) is 0 Å². The minimum absolute atomic E-state index is 0.0375. The first-order valence-electron chi connectivity index (χ1n) is 6.12. The van der Waals surface area contributed by atoms with Crippen LogP contribution < -0.4 is 16.4 Å². The molecule has 6 heteroatoms. The van der Waals surface area contributed by atoms with Crippen molar-refractivity contribution in [2.24, 2.45) is 0 Å². The third-order valence-electron chi connectivity index (χ3n) is 3.04. The van der Waals surface area contributed by atoms with E-state index >= 15 is 0 Å². The van der Waals surface area contributed by atoms with E-state index in [2.05, 4.69) is 10.6 Å². The zero-order chi connectivity index (χ0) is 14.0. The fourth-order valence-corrected chi connectivity index (χ4v) is 2.01. The molecule has 1 unspecified atom stereocenters. The largest absolute Gasteiger partial charge is 0.397 e. The molecule has 1 fully saturated rings. The number of rotatable bonds is 3. The van der Waals surface area contributed by atoms with Crippen molar-refractivity contribution in [2.75, 3.05) is 31.7 Å². The van der Waals surface area contributed by atoms with Gasteiger partial charge in [-0.25, -0.2) is 0 Å². The van der Waals surface area contributed by atoms with Crippen molar-refractivity contribution in [2.45, 2.75) is 12.5 Å². The van der Waals surface area contributed by atoms with Crippen LogP contribution in [0.4, 0.5) is 11.4 Å². The highest BCUT2D eigenvalue weighted by molar-refractivity contribution is 5.95. The molecule has 102 valence electrons. The first kappa shape index (κ1) is 13.2. The van der Waals surface area contributed by atoms with Crippen LogP contribution in [0.1, 0.15) is 16.8 Å². The van der Waals surface area contributed by atoms with E-state index in [0.29, 0.717) is 24.2 Å². The lowest BCUT2D eigenvalue weighted by atomic mass is 10.1. The van der Waals surface area contributed by atoms with Crippen LogP contribution in [0.25, 0.3) is 0 Å². The molecule has 1 heterocycles. The topological polar surface area (TPSA) is 87.5 Å². The summed E-state index contributed by atoms with van der Waals surface area (Å²) in [4.78, 5) is 24.4. The molecule has 19 heavy (non-hydrogen) atoms. The lowest BCUT2D eigenvalue weighted by molar-refractivity contribution is -0.119. The van der Waals surface area contributed by atoms with E-state index in [9.17, 15) is 9.59 Å². The van der Waals surface area contributed by atoms with Gasteiger partial charge in [-0.05, 0) is 18.2 Å². The first-order chi connectivity index (χ1) is 8.97. The summed E-state index contributed by atoms with van der Waals surface area (Å²) < 4.78 is 0. The average Bonchev–Trinajstić information content (AvgIpc) is 2.76. The molecule has 1 aliphatic heterocycles. The third-order valence-corrected chi connectivity index (χ3v) is 3.04. The summed E-state index contributed by atoms with van der Waals surface area (Å²) in [7, 11) is 3.39. The number of nitrogens with one attached hydrogen (secondary N) is 2. The Morgan fingerprint density at radius 1 is 1.47 bits per heavy atom. The molecule has 1 aliphatic rings. The maximum atomic E-state index is 11.8. The monoisotopic (exact) mass is 262 g/mol. The second kappa shape index (κ2) is 5.17. The van der Waals surface area contributed by atoms with Gasteiger partial charge in [0.05, 0.1) is 17.4 Å². The van der Waals surface area contributed by atoms with Crippen LogP contribution in [0, 0.1) is 0 Å². The maximum absolute atomic E-state index is 11.8. The molecule has 2 rings (SSSR count). The number of amides is 2. The molecule has 2 amide bonds. The zero-order valence-corrected chi connectivity index (χ0v) is 11.1. The summed E-state index contributed by atoms with van der Waals surface area (Å²) in [5.41, 5.74) is 7.74. The second-order valence-electron chi connectivity index (χ2n) is 4.85. The molecule has 0 spiro atoms. The van der Waals surface area contributed by atoms with Crippen LogP contribution in [0.5, 0.6) is 0 Å². The summed E-state index contributed by atoms with van der Waals surface area (Å²) >= 11 is 0. The average molecular weight is 262 g/mol. The van der Waals surface area contributed by atoms with Crippen LogP contribution in [0.2, 0.25) is 0 Å². The fourth-order valence-electron chi connectivity index (χ4n) is 2.01. The third kappa shape index (κ3) is 2.96. The van der Waals surface area contributed by atoms with Gasteiger partial charge in [0.25, 0.3) is 5.91 Å². The van der Waals surface area contributed by atoms with Crippen LogP contribution >= 0.6 is 0 Å². The van der Waals surface area contributed by atoms with Gasteiger partial charge in [-0.1, -0.05) is 0 Å². The van der Waals surface area contributed by atoms with Gasteiger partial charge < -0.3 is 21.3 Å². The molecular formula is C13H18N4O2. The summed E-state index contributed by atoms with van der Waals surface area (Å²) in [5, 5.41) is 5.95. The van der Waals surface area contributed by atoms with E-state index in [1.54, 1.807) is 32.3 Å². The second-order valence-corrected chi connectivity index (χ2v) is 4.85. The van der Waals surface area contributed by atoms with E-state index < -0.39 is 0 Å². The summed E-state index contributed by atoms with van der Waals surface area (Å²) in [6.07, 6.45) is 0.442. The minimum atomic E-state index is -0.0871. The van der Waals surface area contributed by atoms with Crippen LogP contribution in [0.15, 0.2) is 18.2 Å². The Morgan fingerprint density at radius 2 is 2.21 bits per heavy atom. The van der Waals surface area contributed by atoms with Crippen molar-refractivity contribution in [3.05, 3.63) is 23.8 Å². The molecule has 1 aromatic rings. The van der Waals surface area contributed by atoms with Crippen molar-refractivity contribution in [3.8, 4) is 0 Å². The molecule has 4 N–H and O–H groups in total. The van der Waals surface area contributed by atoms with Crippen molar-refractivity contribution >= 4 is 23.2 Å². The number of hydrogen-bond donors (Lipinski definition) is 3. The predicted octanol–water partition coefficient (Wildman–Crippen LogP) is 0.271. The first-order valence-corrected chi connectivity index (χ1v) is 6.12. The number of benzene rings is 1. The quantitative estimate of drug-likeness (QED) is 0.682. The van der Waals surface area contributed by atoms with E-state index in [0.717, 1.165) is 5.69 Å². The Labute approximate surface area is 112 Å². The smallest absolute Gasteiger partial charge is 0.253 e. The molecule has 0 bridgehead atoms. The number of nitrogens with two attached hydrogens (primary N) is 1. The number of anilines is 2. The normalized spacial score (nSPS) is 18.0. The summed E-state index contributed by atoms with van der Waals surface area (Å²) in [6.45, 7) is 0.594. The molecule has 1 atom stereocenters. The molecule has 0 aliphatic carbocycles. The molecule has 1 aromatic carbocycles. The lowest BCUT2D eigenvalue weighted by Gasteiger charge is -2.16. The molecule has 0 radical (unpaired) electrons. The Balaban J connectivity index is 2.11. The maximum Gasteiger partial charge on any atom is 0.253 e. The Hall–Kier alpha value is -2.24. The fraction of sp³-hybridized carbons (Fsp3) is 0.385. The SMILES string of the molecule is CN(C)C(=O)c1ccc(NC2CNC(=O)C2)c(N)c1. The van der Waals surface area contributed by atoms with Gasteiger partial charge in [-0.15, -0.1) is 0 Å². The summed E-state index contributed by atoms with van der Waals surface area (Å²) in [5.74, 6) is -0.0496. The van der Waals surface area contributed by atoms with Gasteiger partial charge >= 0.3 is 0 Å². The lowest BCUT2D eigenvalue weighted by Crippen LogP contribution is -2.24. The Kier molecular flexibility index (Phi) is 3.59. The van der Waals surface area contributed by atoms with E-state index in [-0.39, 0.29) is 17.9 Å². The standard InChI is InChI=1S/C13H18N4O2/c1-17(2)13(19)8-3-4-11(10(14)5-8)16-9-6-12(18)15-7-9/h3-5,9,16H,6-7,14H2,1-2H3,(H,15,18). The van der Waals surface area contributed by atoms with Crippen molar-refractivity contribution in [1.29, 1.82) is 0 Å². The molecule has 6 nitrogen and oxygen atoms in total. The van der Waals surface area contributed by atoms with Gasteiger partial charge in [0.1, 0.15) is 0 Å². The van der Waals surface area contributed by atoms with Crippen LogP contribution in [-0.2, 0) is 4.79 Å². The molecule has 0 saturated carbocycles. The molecular weight excluding hydrogens is 244 g/mol. The highest BCUT2D eigenvalue weighted by Gasteiger charge is 2.21. The molecule has 0 aromatic heterocycles. The van der Waals surface area contributed by atoms with E-state index in [4.69, 9.17) is 5.73 Å². The highest BCUT2D eigenvalue weighted by Crippen LogP contribution is 2.22. The number of nitrogen functional groups attached to an aromatic ring is 1. The Morgan fingerprint density at radius 3 is 2.74 bits per heavy atom. The van der Waals surface area contributed by atoms with Crippen molar-refractivity contribution < 1.29 is 9.59 Å². The Bertz CT molecular complexity index is 513. The van der Waals surface area contributed by atoms with E-state index in [1.165, 1.54) is 4.90 Å². The van der Waals surface area contributed by atoms with Gasteiger partial charge in [-0.3, -0.25) is 9.59 Å². The predicted molar refractivity (Wildman–Crippen MR) is 73.9 cm³/mol. The van der Waals surface area contributed by atoms with Gasteiger partial charge in [0, 0.05) is 32.6 Å². The molecule has 1 saturated heterocycles. The van der Waals surface area contributed by atoms with Gasteiger partial charge in [0.2, 0.25) is 5.91 Å². The highest BCUT2D eigenvalue weighted by atomic mass is 16.2. The number of carbonyl (C=O) groups excluding carboxylic acids is 2. The van der Waals surface area contributed by atoms with Crippen LogP contribution in [0.3, 0.4) is 0 Å². The zero-order valence-electron chi connectivity index (χ0n) is 11.1. The number of carbonyl (C=O) groups is 2. The van der Waals surface area contributed by atoms with Crippen LogP contribution in [-0.4, -0.2) is 43.4 Å².